The van der Waals surface area contributed by atoms with Crippen molar-refractivity contribution in [2.75, 3.05) is 6.54 Å². The lowest BCUT2D eigenvalue weighted by Gasteiger charge is -2.03. The van der Waals surface area contributed by atoms with Gasteiger partial charge in [-0.15, -0.1) is 0 Å². The molecule has 1 heterocycles. The molecule has 0 saturated carbocycles. The number of H-pyrrole nitrogens is 1. The summed E-state index contributed by atoms with van der Waals surface area (Å²) in [5.41, 5.74) is 0.688. The quantitative estimate of drug-likeness (QED) is 0.829. The van der Waals surface area contributed by atoms with E-state index in [-0.39, 0.29) is 5.69 Å². The van der Waals surface area contributed by atoms with Gasteiger partial charge in [-0.25, -0.2) is 4.98 Å². The number of hydrogen-bond acceptors (Lipinski definition) is 3. The lowest BCUT2D eigenvalue weighted by molar-refractivity contribution is 0.0947. The Morgan fingerprint density at radius 2 is 2.18 bits per heavy atom. The molecule has 5 heteroatoms. The topological polar surface area (TPSA) is 74.8 Å². The van der Waals surface area contributed by atoms with Crippen LogP contribution < -0.4 is 10.9 Å². The van der Waals surface area contributed by atoms with Gasteiger partial charge in [-0.1, -0.05) is 19.1 Å². The van der Waals surface area contributed by atoms with Crippen molar-refractivity contribution in [3.63, 3.8) is 0 Å². The lowest BCUT2D eigenvalue weighted by Crippen LogP contribution is -2.31. The molecular formula is C12H13N3O2. The maximum absolute atomic E-state index is 11.7. The Bertz CT molecular complexity index is 604. The summed E-state index contributed by atoms with van der Waals surface area (Å²) in [7, 11) is 0. The second-order valence-corrected chi connectivity index (χ2v) is 3.69. The number of carbonyl (C=O) groups is 1. The second kappa shape index (κ2) is 4.78. The molecule has 2 rings (SSSR count). The molecule has 0 radical (unpaired) electrons. The smallest absolute Gasteiger partial charge is 0.280 e. The third-order valence-corrected chi connectivity index (χ3v) is 2.35. The van der Waals surface area contributed by atoms with Gasteiger partial charge in [0.05, 0.1) is 11.0 Å². The van der Waals surface area contributed by atoms with Crippen LogP contribution in [0.2, 0.25) is 0 Å². The zero-order chi connectivity index (χ0) is 12.3. The van der Waals surface area contributed by atoms with Crippen LogP contribution in [0.4, 0.5) is 0 Å². The van der Waals surface area contributed by atoms with Crippen molar-refractivity contribution in [3.05, 3.63) is 40.3 Å². The largest absolute Gasteiger partial charge is 0.351 e. The zero-order valence-corrected chi connectivity index (χ0v) is 9.49. The number of carbonyl (C=O) groups excluding carboxylic acids is 1. The van der Waals surface area contributed by atoms with Gasteiger partial charge in [0.1, 0.15) is 0 Å². The first-order chi connectivity index (χ1) is 8.22. The molecule has 0 aliphatic heterocycles. The van der Waals surface area contributed by atoms with Crippen LogP contribution in [-0.2, 0) is 0 Å². The Labute approximate surface area is 97.9 Å². The SMILES string of the molecule is CCCNC(=O)c1nc2ccccc2[nH]c1=O. The van der Waals surface area contributed by atoms with Crippen LogP contribution in [-0.4, -0.2) is 22.4 Å². The number of rotatable bonds is 3. The van der Waals surface area contributed by atoms with Crippen LogP contribution in [0, 0.1) is 0 Å². The van der Waals surface area contributed by atoms with Gasteiger partial charge in [-0.3, -0.25) is 9.59 Å². The van der Waals surface area contributed by atoms with Crippen LogP contribution in [0.25, 0.3) is 11.0 Å². The van der Waals surface area contributed by atoms with Crippen molar-refractivity contribution >= 4 is 16.9 Å². The minimum absolute atomic E-state index is 0.0860. The standard InChI is InChI=1S/C12H13N3O2/c1-2-7-13-11(16)10-12(17)15-9-6-4-3-5-8(9)14-10/h3-6H,2,7H2,1H3,(H,13,16)(H,15,17). The summed E-state index contributed by atoms with van der Waals surface area (Å²) in [6.07, 6.45) is 0.817. The molecular weight excluding hydrogens is 218 g/mol. The van der Waals surface area contributed by atoms with Crippen LogP contribution in [0.3, 0.4) is 0 Å². The first-order valence-corrected chi connectivity index (χ1v) is 5.49. The van der Waals surface area contributed by atoms with E-state index in [1.807, 2.05) is 6.92 Å². The van der Waals surface area contributed by atoms with Crippen LogP contribution in [0.1, 0.15) is 23.8 Å². The van der Waals surface area contributed by atoms with E-state index in [1.54, 1.807) is 24.3 Å². The second-order valence-electron chi connectivity index (χ2n) is 3.69. The van der Waals surface area contributed by atoms with E-state index in [0.29, 0.717) is 17.6 Å². The highest BCUT2D eigenvalue weighted by atomic mass is 16.2. The third-order valence-electron chi connectivity index (χ3n) is 2.35. The molecule has 0 atom stereocenters. The molecule has 2 aromatic rings. The monoisotopic (exact) mass is 231 g/mol. The first kappa shape index (κ1) is 11.3. The van der Waals surface area contributed by atoms with Crippen molar-refractivity contribution in [2.45, 2.75) is 13.3 Å². The number of para-hydroxylation sites is 2. The predicted octanol–water partition coefficient (Wildman–Crippen LogP) is 1.06. The fourth-order valence-corrected chi connectivity index (χ4v) is 1.51. The summed E-state index contributed by atoms with van der Waals surface area (Å²) in [5.74, 6) is -0.432. The molecule has 1 aromatic carbocycles. The van der Waals surface area contributed by atoms with E-state index >= 15 is 0 Å². The van der Waals surface area contributed by atoms with Gasteiger partial charge in [0, 0.05) is 6.54 Å². The van der Waals surface area contributed by atoms with Crippen molar-refractivity contribution in [3.8, 4) is 0 Å². The van der Waals surface area contributed by atoms with Gasteiger partial charge in [0.2, 0.25) is 0 Å². The van der Waals surface area contributed by atoms with E-state index in [9.17, 15) is 9.59 Å². The van der Waals surface area contributed by atoms with E-state index in [0.717, 1.165) is 6.42 Å². The molecule has 0 bridgehead atoms. The molecule has 0 saturated heterocycles. The number of amides is 1. The molecule has 88 valence electrons. The highest BCUT2D eigenvalue weighted by Crippen LogP contribution is 2.05. The number of hydrogen-bond donors (Lipinski definition) is 2. The normalized spacial score (nSPS) is 10.4. The van der Waals surface area contributed by atoms with Gasteiger partial charge in [-0.2, -0.15) is 0 Å². The Kier molecular flexibility index (Phi) is 3.18. The van der Waals surface area contributed by atoms with Crippen LogP contribution in [0.5, 0.6) is 0 Å². The van der Waals surface area contributed by atoms with Crippen molar-refractivity contribution in [2.24, 2.45) is 0 Å². The summed E-state index contributed by atoms with van der Waals surface area (Å²) in [5, 5.41) is 2.63. The fourth-order valence-electron chi connectivity index (χ4n) is 1.51. The molecule has 1 amide bonds. The summed E-state index contributed by atoms with van der Waals surface area (Å²) < 4.78 is 0. The highest BCUT2D eigenvalue weighted by Gasteiger charge is 2.12. The molecule has 0 aliphatic rings. The Morgan fingerprint density at radius 3 is 2.94 bits per heavy atom. The fraction of sp³-hybridized carbons (Fsp3) is 0.250. The van der Waals surface area contributed by atoms with Gasteiger partial charge >= 0.3 is 0 Å². The number of nitrogens with one attached hydrogen (secondary N) is 2. The van der Waals surface area contributed by atoms with Gasteiger partial charge in [0.15, 0.2) is 5.69 Å². The Morgan fingerprint density at radius 1 is 1.41 bits per heavy atom. The van der Waals surface area contributed by atoms with Gasteiger partial charge < -0.3 is 10.3 Å². The average Bonchev–Trinajstić information content (AvgIpc) is 2.35. The van der Waals surface area contributed by atoms with Crippen molar-refractivity contribution < 1.29 is 4.79 Å². The summed E-state index contributed by atoms with van der Waals surface area (Å²) in [4.78, 5) is 30.0. The van der Waals surface area contributed by atoms with Gasteiger partial charge in [0.25, 0.3) is 11.5 Å². The average molecular weight is 231 g/mol. The number of benzene rings is 1. The van der Waals surface area contributed by atoms with Crippen LogP contribution in [0.15, 0.2) is 29.1 Å². The summed E-state index contributed by atoms with van der Waals surface area (Å²) in [6.45, 7) is 2.48. The highest BCUT2D eigenvalue weighted by molar-refractivity contribution is 5.93. The molecule has 17 heavy (non-hydrogen) atoms. The number of fused-ring (bicyclic) bond motifs is 1. The van der Waals surface area contributed by atoms with Crippen molar-refractivity contribution in [1.82, 2.24) is 15.3 Å². The number of aromatic nitrogens is 2. The molecule has 2 N–H and O–H groups in total. The zero-order valence-electron chi connectivity index (χ0n) is 9.49. The third kappa shape index (κ3) is 2.33. The Balaban J connectivity index is 2.44. The molecule has 0 fully saturated rings. The minimum atomic E-state index is -0.461. The summed E-state index contributed by atoms with van der Waals surface area (Å²) in [6, 6.07) is 7.11. The number of nitrogens with zero attached hydrogens (tertiary/aromatic N) is 1. The van der Waals surface area contributed by atoms with E-state index in [2.05, 4.69) is 15.3 Å². The number of aromatic amines is 1. The molecule has 1 aromatic heterocycles. The minimum Gasteiger partial charge on any atom is -0.351 e. The molecule has 0 unspecified atom stereocenters. The van der Waals surface area contributed by atoms with E-state index in [1.165, 1.54) is 0 Å². The lowest BCUT2D eigenvalue weighted by atomic mass is 10.3. The maximum atomic E-state index is 11.7. The van der Waals surface area contributed by atoms with E-state index in [4.69, 9.17) is 0 Å². The van der Waals surface area contributed by atoms with Gasteiger partial charge in [-0.05, 0) is 18.6 Å². The van der Waals surface area contributed by atoms with Crippen LogP contribution >= 0.6 is 0 Å². The maximum Gasteiger partial charge on any atom is 0.280 e. The van der Waals surface area contributed by atoms with Crippen molar-refractivity contribution in [1.29, 1.82) is 0 Å². The summed E-state index contributed by atoms with van der Waals surface area (Å²) >= 11 is 0. The first-order valence-electron chi connectivity index (χ1n) is 5.49. The molecule has 5 nitrogen and oxygen atoms in total. The predicted molar refractivity (Wildman–Crippen MR) is 65.0 cm³/mol. The van der Waals surface area contributed by atoms with E-state index < -0.39 is 11.5 Å². The molecule has 0 spiro atoms. The Hall–Kier alpha value is -2.17. The molecule has 0 aliphatic carbocycles.